The molecule has 0 radical (unpaired) electrons. The van der Waals surface area contributed by atoms with Crippen LogP contribution in [0.3, 0.4) is 0 Å². The standard InChI is InChI=1S/C18H24N6O/c1-3-6-13-9-14(25-23-13)10-19-17-15-11-20-24(2)18(15)22-16(21-17)12-7-4-5-8-12/h9,11-12H,3-8,10H2,1-2H3,(H,19,21,22). The van der Waals surface area contributed by atoms with Gasteiger partial charge in [-0.3, -0.25) is 4.68 Å². The fraction of sp³-hybridized carbons (Fsp3) is 0.556. The number of hydrogen-bond acceptors (Lipinski definition) is 6. The Morgan fingerprint density at radius 3 is 2.92 bits per heavy atom. The lowest BCUT2D eigenvalue weighted by molar-refractivity contribution is 0.381. The molecule has 7 heteroatoms. The lowest BCUT2D eigenvalue weighted by atomic mass is 10.1. The number of nitrogens with one attached hydrogen (secondary N) is 1. The molecule has 7 nitrogen and oxygen atoms in total. The van der Waals surface area contributed by atoms with Gasteiger partial charge in [0.2, 0.25) is 0 Å². The zero-order valence-electron chi connectivity index (χ0n) is 14.8. The second-order valence-electron chi connectivity index (χ2n) is 6.81. The van der Waals surface area contributed by atoms with Crippen molar-refractivity contribution in [1.82, 2.24) is 24.9 Å². The van der Waals surface area contributed by atoms with Gasteiger partial charge in [0, 0.05) is 19.0 Å². The molecule has 0 bridgehead atoms. The lowest BCUT2D eigenvalue weighted by Crippen LogP contribution is -2.08. The Morgan fingerprint density at radius 2 is 2.12 bits per heavy atom. The summed E-state index contributed by atoms with van der Waals surface area (Å²) >= 11 is 0. The van der Waals surface area contributed by atoms with Crippen LogP contribution in [0.4, 0.5) is 5.82 Å². The van der Waals surface area contributed by atoms with Gasteiger partial charge in [0.05, 0.1) is 23.8 Å². The average Bonchev–Trinajstić information content (AvgIpc) is 3.35. The quantitative estimate of drug-likeness (QED) is 0.739. The zero-order chi connectivity index (χ0) is 17.2. The van der Waals surface area contributed by atoms with Gasteiger partial charge in [-0.15, -0.1) is 0 Å². The van der Waals surface area contributed by atoms with Crippen LogP contribution in [0.25, 0.3) is 11.0 Å². The van der Waals surface area contributed by atoms with Crippen LogP contribution in [-0.4, -0.2) is 24.9 Å². The average molecular weight is 340 g/mol. The highest BCUT2D eigenvalue weighted by molar-refractivity contribution is 5.86. The van der Waals surface area contributed by atoms with E-state index >= 15 is 0 Å². The molecule has 0 amide bonds. The Hall–Kier alpha value is -2.44. The number of aromatic nitrogens is 5. The van der Waals surface area contributed by atoms with Gasteiger partial charge in [-0.05, 0) is 19.3 Å². The molecular weight excluding hydrogens is 316 g/mol. The third kappa shape index (κ3) is 3.23. The molecule has 0 aliphatic heterocycles. The molecule has 0 spiro atoms. The minimum Gasteiger partial charge on any atom is -0.362 e. The van der Waals surface area contributed by atoms with E-state index in [1.54, 1.807) is 0 Å². The Bertz CT molecular complexity index is 862. The Balaban J connectivity index is 1.60. The molecule has 25 heavy (non-hydrogen) atoms. The summed E-state index contributed by atoms with van der Waals surface area (Å²) in [5, 5.41) is 12.8. The van der Waals surface area contributed by atoms with Crippen LogP contribution in [-0.2, 0) is 20.0 Å². The number of nitrogens with zero attached hydrogens (tertiary/aromatic N) is 5. The molecule has 1 N–H and O–H groups in total. The number of aryl methyl sites for hydroxylation is 2. The van der Waals surface area contributed by atoms with Gasteiger partial charge in [-0.25, -0.2) is 9.97 Å². The minimum absolute atomic E-state index is 0.460. The number of hydrogen-bond donors (Lipinski definition) is 1. The summed E-state index contributed by atoms with van der Waals surface area (Å²) in [6, 6.07) is 2.01. The summed E-state index contributed by atoms with van der Waals surface area (Å²) in [4.78, 5) is 9.59. The van der Waals surface area contributed by atoms with Gasteiger partial charge in [0.15, 0.2) is 11.4 Å². The van der Waals surface area contributed by atoms with Crippen LogP contribution < -0.4 is 5.32 Å². The summed E-state index contributed by atoms with van der Waals surface area (Å²) in [5.74, 6) is 3.04. The van der Waals surface area contributed by atoms with E-state index in [-0.39, 0.29) is 0 Å². The summed E-state index contributed by atoms with van der Waals surface area (Å²) in [7, 11) is 1.92. The molecule has 3 aromatic heterocycles. The van der Waals surface area contributed by atoms with E-state index < -0.39 is 0 Å². The second kappa shape index (κ2) is 6.82. The van der Waals surface area contributed by atoms with Gasteiger partial charge in [-0.2, -0.15) is 5.10 Å². The third-order valence-corrected chi connectivity index (χ3v) is 4.87. The number of rotatable bonds is 6. The monoisotopic (exact) mass is 340 g/mol. The maximum absolute atomic E-state index is 5.41. The van der Waals surface area contributed by atoms with Crippen molar-refractivity contribution < 1.29 is 4.52 Å². The van der Waals surface area contributed by atoms with E-state index in [2.05, 4.69) is 22.5 Å². The first-order valence-electron chi connectivity index (χ1n) is 9.12. The summed E-state index contributed by atoms with van der Waals surface area (Å²) in [6.45, 7) is 2.69. The highest BCUT2D eigenvalue weighted by Crippen LogP contribution is 2.34. The highest BCUT2D eigenvalue weighted by Gasteiger charge is 2.22. The third-order valence-electron chi connectivity index (χ3n) is 4.87. The molecule has 0 unspecified atom stereocenters. The Morgan fingerprint density at radius 1 is 1.28 bits per heavy atom. The smallest absolute Gasteiger partial charge is 0.163 e. The van der Waals surface area contributed by atoms with Crippen LogP contribution in [0.15, 0.2) is 16.8 Å². The molecule has 0 aromatic carbocycles. The fourth-order valence-corrected chi connectivity index (χ4v) is 3.52. The number of anilines is 1. The topological polar surface area (TPSA) is 81.7 Å². The van der Waals surface area contributed by atoms with E-state index in [1.807, 2.05) is 24.0 Å². The Kier molecular flexibility index (Phi) is 4.38. The number of fused-ring (bicyclic) bond motifs is 1. The first-order valence-corrected chi connectivity index (χ1v) is 9.12. The summed E-state index contributed by atoms with van der Waals surface area (Å²) < 4.78 is 7.22. The molecule has 132 valence electrons. The van der Waals surface area contributed by atoms with Crippen molar-refractivity contribution in [2.24, 2.45) is 7.05 Å². The van der Waals surface area contributed by atoms with Crippen molar-refractivity contribution in [3.05, 3.63) is 29.5 Å². The lowest BCUT2D eigenvalue weighted by Gasteiger charge is -2.11. The normalized spacial score (nSPS) is 15.3. The van der Waals surface area contributed by atoms with E-state index in [0.717, 1.165) is 47.0 Å². The van der Waals surface area contributed by atoms with Gasteiger partial charge in [0.1, 0.15) is 11.6 Å². The SMILES string of the molecule is CCCc1cc(CNc2nc(C3CCCC3)nc3c2cnn3C)on1. The largest absolute Gasteiger partial charge is 0.362 e. The first-order chi connectivity index (χ1) is 12.2. The van der Waals surface area contributed by atoms with Crippen molar-refractivity contribution in [1.29, 1.82) is 0 Å². The van der Waals surface area contributed by atoms with Crippen molar-refractivity contribution >= 4 is 16.9 Å². The maximum Gasteiger partial charge on any atom is 0.163 e. The van der Waals surface area contributed by atoms with E-state index in [1.165, 1.54) is 25.7 Å². The van der Waals surface area contributed by atoms with Crippen molar-refractivity contribution in [3.8, 4) is 0 Å². The van der Waals surface area contributed by atoms with Gasteiger partial charge in [-0.1, -0.05) is 31.3 Å². The van der Waals surface area contributed by atoms with E-state index in [0.29, 0.717) is 12.5 Å². The fourth-order valence-electron chi connectivity index (χ4n) is 3.52. The van der Waals surface area contributed by atoms with Crippen LogP contribution in [0.1, 0.15) is 62.2 Å². The summed E-state index contributed by atoms with van der Waals surface area (Å²) in [5.41, 5.74) is 1.88. The molecule has 1 aliphatic rings. The van der Waals surface area contributed by atoms with Crippen LogP contribution >= 0.6 is 0 Å². The zero-order valence-corrected chi connectivity index (χ0v) is 14.8. The molecule has 3 heterocycles. The minimum atomic E-state index is 0.460. The van der Waals surface area contributed by atoms with Crippen molar-refractivity contribution in [3.63, 3.8) is 0 Å². The molecule has 0 saturated heterocycles. The van der Waals surface area contributed by atoms with Gasteiger partial charge < -0.3 is 9.84 Å². The molecule has 1 fully saturated rings. The van der Waals surface area contributed by atoms with Crippen LogP contribution in [0.5, 0.6) is 0 Å². The second-order valence-corrected chi connectivity index (χ2v) is 6.81. The molecule has 1 saturated carbocycles. The summed E-state index contributed by atoms with van der Waals surface area (Å²) in [6.07, 6.45) is 8.69. The van der Waals surface area contributed by atoms with Gasteiger partial charge in [0.25, 0.3) is 0 Å². The van der Waals surface area contributed by atoms with Crippen LogP contribution in [0.2, 0.25) is 0 Å². The predicted octanol–water partition coefficient (Wildman–Crippen LogP) is 3.57. The highest BCUT2D eigenvalue weighted by atomic mass is 16.5. The molecule has 3 aromatic rings. The first kappa shape index (κ1) is 16.1. The van der Waals surface area contributed by atoms with E-state index in [9.17, 15) is 0 Å². The van der Waals surface area contributed by atoms with Crippen molar-refractivity contribution in [2.45, 2.75) is 57.9 Å². The molecular formula is C18H24N6O. The predicted molar refractivity (Wildman–Crippen MR) is 95.3 cm³/mol. The van der Waals surface area contributed by atoms with Crippen molar-refractivity contribution in [2.75, 3.05) is 5.32 Å². The molecule has 1 aliphatic carbocycles. The molecule has 0 atom stereocenters. The Labute approximate surface area is 146 Å². The van der Waals surface area contributed by atoms with Gasteiger partial charge >= 0.3 is 0 Å². The van der Waals surface area contributed by atoms with E-state index in [4.69, 9.17) is 14.5 Å². The van der Waals surface area contributed by atoms with Crippen LogP contribution in [0, 0.1) is 0 Å². The molecule has 4 rings (SSSR count). The maximum atomic E-state index is 5.41.